The van der Waals surface area contributed by atoms with Crippen molar-refractivity contribution >= 4 is 29.0 Å². The minimum Gasteiger partial charge on any atom is -0.399 e. The van der Waals surface area contributed by atoms with Gasteiger partial charge in [0.1, 0.15) is 0 Å². The number of nitrogens with two attached hydrogens (primary N) is 1. The monoisotopic (exact) mass is 279 g/mol. The van der Waals surface area contributed by atoms with Crippen LogP contribution in [0.3, 0.4) is 0 Å². The van der Waals surface area contributed by atoms with Gasteiger partial charge in [-0.05, 0) is 43.0 Å². The summed E-state index contributed by atoms with van der Waals surface area (Å²) in [5, 5.41) is 0. The van der Waals surface area contributed by atoms with E-state index in [0.717, 1.165) is 24.5 Å². The number of amides is 1. The van der Waals surface area contributed by atoms with Crippen LogP contribution in [0.1, 0.15) is 6.42 Å². The van der Waals surface area contributed by atoms with Crippen LogP contribution in [-0.4, -0.2) is 49.0 Å². The van der Waals surface area contributed by atoms with E-state index in [1.165, 1.54) is 12.2 Å². The first kappa shape index (κ1) is 14.2. The van der Waals surface area contributed by atoms with E-state index in [1.807, 2.05) is 43.1 Å². The van der Waals surface area contributed by atoms with Crippen LogP contribution in [0.15, 0.2) is 24.3 Å². The van der Waals surface area contributed by atoms with Crippen molar-refractivity contribution in [1.29, 1.82) is 0 Å². The van der Waals surface area contributed by atoms with E-state index >= 15 is 0 Å². The molecule has 0 unspecified atom stereocenters. The van der Waals surface area contributed by atoms with Crippen LogP contribution >= 0.6 is 11.8 Å². The lowest BCUT2D eigenvalue weighted by Gasteiger charge is -2.23. The molecule has 0 aliphatic carbocycles. The molecule has 2 rings (SSSR count). The maximum Gasteiger partial charge on any atom is 0.240 e. The maximum atomic E-state index is 12.3. The Kier molecular flexibility index (Phi) is 5.10. The van der Waals surface area contributed by atoms with E-state index in [0.29, 0.717) is 12.2 Å². The molecule has 0 radical (unpaired) electrons. The smallest absolute Gasteiger partial charge is 0.240 e. The number of nitrogens with zero attached hydrogens (tertiary/aromatic N) is 2. The van der Waals surface area contributed by atoms with E-state index in [4.69, 9.17) is 5.73 Å². The summed E-state index contributed by atoms with van der Waals surface area (Å²) in [6.07, 6.45) is 1.17. The molecule has 1 aliphatic rings. The Morgan fingerprint density at radius 1 is 1.32 bits per heavy atom. The number of carbonyl (C=O) groups excluding carboxylic acids is 1. The number of thioether (sulfide) groups is 1. The third kappa shape index (κ3) is 4.14. The molecule has 1 aliphatic heterocycles. The second-order valence-electron chi connectivity index (χ2n) is 4.79. The van der Waals surface area contributed by atoms with Gasteiger partial charge < -0.3 is 10.6 Å². The molecule has 0 saturated carbocycles. The van der Waals surface area contributed by atoms with E-state index in [1.54, 1.807) is 4.90 Å². The fourth-order valence-corrected chi connectivity index (χ4v) is 3.02. The average Bonchev–Trinajstić information content (AvgIpc) is 2.67. The number of anilines is 2. The molecule has 19 heavy (non-hydrogen) atoms. The van der Waals surface area contributed by atoms with E-state index in [2.05, 4.69) is 4.90 Å². The highest BCUT2D eigenvalue weighted by Crippen LogP contribution is 2.16. The predicted octanol–water partition coefficient (Wildman–Crippen LogP) is 1.67. The number of benzene rings is 1. The van der Waals surface area contributed by atoms with Gasteiger partial charge >= 0.3 is 0 Å². The van der Waals surface area contributed by atoms with Gasteiger partial charge in [0.15, 0.2) is 0 Å². The molecule has 1 aromatic rings. The summed E-state index contributed by atoms with van der Waals surface area (Å²) < 4.78 is 0. The summed E-state index contributed by atoms with van der Waals surface area (Å²) in [5.41, 5.74) is 7.26. The van der Waals surface area contributed by atoms with Crippen molar-refractivity contribution in [3.05, 3.63) is 24.3 Å². The van der Waals surface area contributed by atoms with Gasteiger partial charge in [-0.15, -0.1) is 0 Å². The molecule has 104 valence electrons. The molecule has 1 heterocycles. The predicted molar refractivity (Wildman–Crippen MR) is 82.6 cm³/mol. The molecule has 1 saturated heterocycles. The molecule has 0 spiro atoms. The molecular weight excluding hydrogens is 258 g/mol. The lowest BCUT2D eigenvalue weighted by Crippen LogP contribution is -2.39. The van der Waals surface area contributed by atoms with Crippen molar-refractivity contribution in [2.75, 3.05) is 48.8 Å². The second-order valence-corrected chi connectivity index (χ2v) is 6.01. The average molecular weight is 279 g/mol. The SMILES string of the molecule is CN(C(=O)CN1CCCSCC1)c1ccc(N)cc1. The van der Waals surface area contributed by atoms with Crippen molar-refractivity contribution < 1.29 is 4.79 Å². The Labute approximate surface area is 118 Å². The van der Waals surface area contributed by atoms with Gasteiger partial charge in [0.2, 0.25) is 5.91 Å². The minimum absolute atomic E-state index is 0.136. The standard InChI is InChI=1S/C14H21N3OS/c1-16(13-5-3-12(15)4-6-13)14(18)11-17-7-2-9-19-10-8-17/h3-6H,2,7-11,15H2,1H3. The lowest BCUT2D eigenvalue weighted by atomic mass is 10.2. The number of carbonyl (C=O) groups is 1. The zero-order chi connectivity index (χ0) is 13.7. The molecule has 4 nitrogen and oxygen atoms in total. The summed E-state index contributed by atoms with van der Waals surface area (Å²) in [7, 11) is 1.82. The molecule has 0 atom stereocenters. The van der Waals surface area contributed by atoms with Gasteiger partial charge in [0, 0.05) is 30.7 Å². The topological polar surface area (TPSA) is 49.6 Å². The Morgan fingerprint density at radius 3 is 2.79 bits per heavy atom. The number of hydrogen-bond donors (Lipinski definition) is 1. The van der Waals surface area contributed by atoms with E-state index in [-0.39, 0.29) is 5.91 Å². The summed E-state index contributed by atoms with van der Waals surface area (Å²) in [5.74, 6) is 2.47. The van der Waals surface area contributed by atoms with Crippen molar-refractivity contribution in [2.45, 2.75) is 6.42 Å². The van der Waals surface area contributed by atoms with Crippen LogP contribution in [0.5, 0.6) is 0 Å². The Balaban J connectivity index is 1.93. The Hall–Kier alpha value is -1.20. The van der Waals surface area contributed by atoms with Gasteiger partial charge in [-0.3, -0.25) is 9.69 Å². The van der Waals surface area contributed by atoms with Crippen LogP contribution in [0, 0.1) is 0 Å². The van der Waals surface area contributed by atoms with Crippen LogP contribution in [-0.2, 0) is 4.79 Å². The number of nitrogen functional groups attached to an aromatic ring is 1. The molecule has 1 fully saturated rings. The fraction of sp³-hybridized carbons (Fsp3) is 0.500. The molecule has 1 aromatic carbocycles. The highest BCUT2D eigenvalue weighted by atomic mass is 32.2. The summed E-state index contributed by atoms with van der Waals surface area (Å²) in [6.45, 7) is 2.53. The van der Waals surface area contributed by atoms with Crippen molar-refractivity contribution in [1.82, 2.24) is 4.90 Å². The maximum absolute atomic E-state index is 12.3. The molecule has 2 N–H and O–H groups in total. The summed E-state index contributed by atoms with van der Waals surface area (Å²) in [6, 6.07) is 7.40. The molecule has 0 bridgehead atoms. The number of likely N-dealkylation sites (N-methyl/N-ethyl adjacent to an activating group) is 1. The highest BCUT2D eigenvalue weighted by Gasteiger charge is 2.16. The third-order valence-corrected chi connectivity index (χ3v) is 4.38. The lowest BCUT2D eigenvalue weighted by molar-refractivity contribution is -0.119. The zero-order valence-corrected chi connectivity index (χ0v) is 12.2. The highest BCUT2D eigenvalue weighted by molar-refractivity contribution is 7.99. The van der Waals surface area contributed by atoms with Crippen molar-refractivity contribution in [3.63, 3.8) is 0 Å². The molecular formula is C14H21N3OS. The van der Waals surface area contributed by atoms with Gasteiger partial charge in [0.05, 0.1) is 6.54 Å². The first-order valence-corrected chi connectivity index (χ1v) is 7.74. The first-order valence-electron chi connectivity index (χ1n) is 6.59. The molecule has 1 amide bonds. The van der Waals surface area contributed by atoms with Crippen LogP contribution in [0.2, 0.25) is 0 Å². The zero-order valence-electron chi connectivity index (χ0n) is 11.3. The number of rotatable bonds is 3. The number of hydrogen-bond acceptors (Lipinski definition) is 4. The van der Waals surface area contributed by atoms with Crippen molar-refractivity contribution in [3.8, 4) is 0 Å². The first-order chi connectivity index (χ1) is 9.16. The summed E-state index contributed by atoms with van der Waals surface area (Å²) in [4.78, 5) is 16.2. The minimum atomic E-state index is 0.136. The van der Waals surface area contributed by atoms with E-state index < -0.39 is 0 Å². The fourth-order valence-electron chi connectivity index (χ4n) is 2.10. The van der Waals surface area contributed by atoms with Crippen LogP contribution < -0.4 is 10.6 Å². The normalized spacial score (nSPS) is 16.9. The van der Waals surface area contributed by atoms with E-state index in [9.17, 15) is 4.79 Å². The largest absolute Gasteiger partial charge is 0.399 e. The van der Waals surface area contributed by atoms with Crippen LogP contribution in [0.4, 0.5) is 11.4 Å². The molecule has 0 aromatic heterocycles. The Bertz CT molecular complexity index is 413. The van der Waals surface area contributed by atoms with Gasteiger partial charge in [-0.2, -0.15) is 11.8 Å². The Morgan fingerprint density at radius 2 is 2.05 bits per heavy atom. The third-order valence-electron chi connectivity index (χ3n) is 3.33. The summed E-state index contributed by atoms with van der Waals surface area (Å²) >= 11 is 1.97. The quantitative estimate of drug-likeness (QED) is 0.855. The van der Waals surface area contributed by atoms with Crippen LogP contribution in [0.25, 0.3) is 0 Å². The van der Waals surface area contributed by atoms with Gasteiger partial charge in [0.25, 0.3) is 0 Å². The second kappa shape index (κ2) is 6.82. The molecule has 5 heteroatoms. The van der Waals surface area contributed by atoms with Gasteiger partial charge in [-0.1, -0.05) is 0 Å². The van der Waals surface area contributed by atoms with Crippen molar-refractivity contribution in [2.24, 2.45) is 0 Å². The van der Waals surface area contributed by atoms with Gasteiger partial charge in [-0.25, -0.2) is 0 Å².